The summed E-state index contributed by atoms with van der Waals surface area (Å²) >= 11 is 0. The molecule has 1 fully saturated rings. The predicted molar refractivity (Wildman–Crippen MR) is 65.1 cm³/mol. The molecular formula is C13H15NO4. The van der Waals surface area contributed by atoms with Gasteiger partial charge in [0.2, 0.25) is 5.91 Å². The molecule has 0 bridgehead atoms. The summed E-state index contributed by atoms with van der Waals surface area (Å²) in [5.41, 5.74) is 0.0389. The summed E-state index contributed by atoms with van der Waals surface area (Å²) in [6.45, 7) is 3.54. The van der Waals surface area contributed by atoms with Crippen molar-refractivity contribution in [1.29, 1.82) is 0 Å². The molecule has 1 saturated carbocycles. The molecule has 96 valence electrons. The van der Waals surface area contributed by atoms with Gasteiger partial charge in [0.1, 0.15) is 5.75 Å². The van der Waals surface area contributed by atoms with Crippen molar-refractivity contribution in [2.45, 2.75) is 13.8 Å². The van der Waals surface area contributed by atoms with E-state index in [0.29, 0.717) is 5.69 Å². The van der Waals surface area contributed by atoms with Crippen LogP contribution in [-0.4, -0.2) is 22.1 Å². The van der Waals surface area contributed by atoms with Crippen LogP contribution in [0.1, 0.15) is 13.8 Å². The number of carboxylic acids is 1. The Morgan fingerprint density at radius 1 is 1.17 bits per heavy atom. The number of hydrogen-bond donors (Lipinski definition) is 3. The Balaban J connectivity index is 2.06. The smallest absolute Gasteiger partial charge is 0.307 e. The van der Waals surface area contributed by atoms with Gasteiger partial charge >= 0.3 is 5.97 Å². The van der Waals surface area contributed by atoms with E-state index in [1.165, 1.54) is 12.1 Å². The Morgan fingerprint density at radius 3 is 2.17 bits per heavy atom. The number of phenols is 1. The molecule has 0 spiro atoms. The quantitative estimate of drug-likeness (QED) is 0.711. The summed E-state index contributed by atoms with van der Waals surface area (Å²) in [5, 5.41) is 20.8. The van der Waals surface area contributed by atoms with E-state index >= 15 is 0 Å². The molecule has 2 atom stereocenters. The van der Waals surface area contributed by atoms with Gasteiger partial charge in [0.05, 0.1) is 11.8 Å². The lowest BCUT2D eigenvalue weighted by Crippen LogP contribution is -2.17. The van der Waals surface area contributed by atoms with Gasteiger partial charge in [0.15, 0.2) is 0 Å². The molecule has 1 aliphatic rings. The first-order chi connectivity index (χ1) is 8.34. The van der Waals surface area contributed by atoms with Crippen LogP contribution in [0.2, 0.25) is 0 Å². The fraction of sp³-hybridized carbons (Fsp3) is 0.385. The van der Waals surface area contributed by atoms with Gasteiger partial charge in [-0.1, -0.05) is 13.8 Å². The molecule has 0 saturated heterocycles. The summed E-state index contributed by atoms with van der Waals surface area (Å²) in [5.74, 6) is -2.26. The monoisotopic (exact) mass is 249 g/mol. The molecule has 5 nitrogen and oxygen atoms in total. The highest BCUT2D eigenvalue weighted by Gasteiger charge is 2.65. The zero-order chi connectivity index (χ0) is 13.5. The van der Waals surface area contributed by atoms with Gasteiger partial charge in [-0.2, -0.15) is 0 Å². The second kappa shape index (κ2) is 4.01. The van der Waals surface area contributed by atoms with E-state index in [1.54, 1.807) is 26.0 Å². The second-order valence-corrected chi connectivity index (χ2v) is 5.15. The van der Waals surface area contributed by atoms with Crippen LogP contribution in [0.4, 0.5) is 5.69 Å². The molecule has 18 heavy (non-hydrogen) atoms. The van der Waals surface area contributed by atoms with Crippen molar-refractivity contribution in [2.24, 2.45) is 17.3 Å². The van der Waals surface area contributed by atoms with E-state index in [9.17, 15) is 9.59 Å². The molecule has 5 heteroatoms. The summed E-state index contributed by atoms with van der Waals surface area (Å²) < 4.78 is 0. The number of aromatic hydroxyl groups is 1. The van der Waals surface area contributed by atoms with Crippen LogP contribution in [0.15, 0.2) is 24.3 Å². The highest BCUT2D eigenvalue weighted by atomic mass is 16.4. The average molecular weight is 249 g/mol. The van der Waals surface area contributed by atoms with Crippen LogP contribution >= 0.6 is 0 Å². The van der Waals surface area contributed by atoms with Crippen LogP contribution < -0.4 is 5.32 Å². The van der Waals surface area contributed by atoms with Gasteiger partial charge in [-0.25, -0.2) is 0 Å². The standard InChI is InChI=1S/C13H15NO4/c1-13(2)9(10(13)12(17)18)11(16)14-7-3-5-8(15)6-4-7/h3-6,9-10,15H,1-2H3,(H,14,16)(H,17,18)/t9-,10+/m0/s1. The average Bonchev–Trinajstić information content (AvgIpc) is 2.85. The van der Waals surface area contributed by atoms with Crippen molar-refractivity contribution in [3.8, 4) is 5.75 Å². The van der Waals surface area contributed by atoms with Crippen molar-refractivity contribution < 1.29 is 19.8 Å². The maximum Gasteiger partial charge on any atom is 0.307 e. The predicted octanol–water partition coefficient (Wildman–Crippen LogP) is 1.69. The minimum atomic E-state index is -0.939. The fourth-order valence-corrected chi connectivity index (χ4v) is 2.35. The molecule has 0 aromatic heterocycles. The molecule has 1 aromatic rings. The number of benzene rings is 1. The van der Waals surface area contributed by atoms with Crippen molar-refractivity contribution in [1.82, 2.24) is 0 Å². The summed E-state index contributed by atoms with van der Waals surface area (Å²) in [7, 11) is 0. The number of carbonyl (C=O) groups is 2. The van der Waals surface area contributed by atoms with Gasteiger partial charge in [0, 0.05) is 5.69 Å². The minimum Gasteiger partial charge on any atom is -0.508 e. The number of anilines is 1. The van der Waals surface area contributed by atoms with Crippen LogP contribution in [0, 0.1) is 17.3 Å². The number of carbonyl (C=O) groups excluding carboxylic acids is 1. The number of nitrogens with one attached hydrogen (secondary N) is 1. The largest absolute Gasteiger partial charge is 0.508 e. The number of phenolic OH excluding ortho intramolecular Hbond substituents is 1. The molecule has 2 rings (SSSR count). The number of aliphatic carboxylic acids is 1. The van der Waals surface area contributed by atoms with Crippen LogP contribution in [-0.2, 0) is 9.59 Å². The number of carboxylic acid groups (broad SMARTS) is 1. The summed E-state index contributed by atoms with van der Waals surface area (Å²) in [6, 6.07) is 6.06. The molecule has 1 aromatic carbocycles. The Kier molecular flexibility index (Phi) is 2.77. The van der Waals surface area contributed by atoms with Crippen molar-refractivity contribution in [2.75, 3.05) is 5.32 Å². The van der Waals surface area contributed by atoms with Crippen molar-refractivity contribution in [3.05, 3.63) is 24.3 Å². The molecule has 3 N–H and O–H groups in total. The van der Waals surface area contributed by atoms with E-state index in [0.717, 1.165) is 0 Å². The zero-order valence-corrected chi connectivity index (χ0v) is 10.2. The summed E-state index contributed by atoms with van der Waals surface area (Å²) in [6.07, 6.45) is 0. The highest BCUT2D eigenvalue weighted by Crippen LogP contribution is 2.58. The van der Waals surface area contributed by atoms with Gasteiger partial charge in [-0.15, -0.1) is 0 Å². The van der Waals surface area contributed by atoms with Gasteiger partial charge in [-0.05, 0) is 29.7 Å². The molecule has 0 radical (unpaired) electrons. The molecule has 0 unspecified atom stereocenters. The van der Waals surface area contributed by atoms with Gasteiger partial charge < -0.3 is 15.5 Å². The van der Waals surface area contributed by atoms with Gasteiger partial charge in [0.25, 0.3) is 0 Å². The Morgan fingerprint density at radius 2 is 1.72 bits per heavy atom. The summed E-state index contributed by atoms with van der Waals surface area (Å²) in [4.78, 5) is 22.9. The van der Waals surface area contributed by atoms with E-state index in [-0.39, 0.29) is 11.7 Å². The first-order valence-electron chi connectivity index (χ1n) is 5.66. The second-order valence-electron chi connectivity index (χ2n) is 5.15. The van der Waals surface area contributed by atoms with Gasteiger partial charge in [-0.3, -0.25) is 9.59 Å². The molecule has 1 aliphatic carbocycles. The van der Waals surface area contributed by atoms with Crippen LogP contribution in [0.25, 0.3) is 0 Å². The van der Waals surface area contributed by atoms with E-state index < -0.39 is 23.2 Å². The van der Waals surface area contributed by atoms with E-state index in [2.05, 4.69) is 5.32 Å². The fourth-order valence-electron chi connectivity index (χ4n) is 2.35. The topological polar surface area (TPSA) is 86.6 Å². The number of rotatable bonds is 3. The third kappa shape index (κ3) is 2.03. The minimum absolute atomic E-state index is 0.114. The lowest BCUT2D eigenvalue weighted by atomic mass is 10.1. The molecular weight excluding hydrogens is 234 g/mol. The van der Waals surface area contributed by atoms with Crippen molar-refractivity contribution in [3.63, 3.8) is 0 Å². The first-order valence-corrected chi connectivity index (χ1v) is 5.66. The van der Waals surface area contributed by atoms with E-state index in [4.69, 9.17) is 10.2 Å². The lowest BCUT2D eigenvalue weighted by molar-refractivity contribution is -0.140. The SMILES string of the molecule is CC1(C)[C@H](C(=O)Nc2ccc(O)cc2)[C@@H]1C(=O)O. The van der Waals surface area contributed by atoms with Crippen molar-refractivity contribution >= 4 is 17.6 Å². The number of amides is 1. The third-order valence-corrected chi connectivity index (χ3v) is 3.51. The van der Waals surface area contributed by atoms with Crippen LogP contribution in [0.5, 0.6) is 5.75 Å². The van der Waals surface area contributed by atoms with Crippen LogP contribution in [0.3, 0.4) is 0 Å². The first kappa shape index (κ1) is 12.4. The normalized spacial score (nSPS) is 24.3. The third-order valence-electron chi connectivity index (χ3n) is 3.51. The maximum atomic E-state index is 12.0. The lowest BCUT2D eigenvalue weighted by Gasteiger charge is -2.05. The Labute approximate surface area is 104 Å². The zero-order valence-electron chi connectivity index (χ0n) is 10.2. The molecule has 0 heterocycles. The Hall–Kier alpha value is -2.04. The maximum absolute atomic E-state index is 12.0. The molecule has 1 amide bonds. The molecule has 0 aliphatic heterocycles. The number of hydrogen-bond acceptors (Lipinski definition) is 3. The highest BCUT2D eigenvalue weighted by molar-refractivity contribution is 5.99. The Bertz CT molecular complexity index is 492. The van der Waals surface area contributed by atoms with E-state index in [1.807, 2.05) is 0 Å².